The highest BCUT2D eigenvalue weighted by molar-refractivity contribution is 4.81. The summed E-state index contributed by atoms with van der Waals surface area (Å²) in [7, 11) is 1.68. The molecule has 2 rings (SSSR count). The Morgan fingerprint density at radius 2 is 2.53 bits per heavy atom. The van der Waals surface area contributed by atoms with E-state index >= 15 is 0 Å². The summed E-state index contributed by atoms with van der Waals surface area (Å²) in [5.74, 6) is 0.844. The summed E-state index contributed by atoms with van der Waals surface area (Å²) in [6.07, 6.45) is 2.49. The van der Waals surface area contributed by atoms with Crippen LogP contribution in [0.25, 0.3) is 0 Å². The second-order valence-corrected chi connectivity index (χ2v) is 4.08. The Morgan fingerprint density at radius 3 is 3.29 bits per heavy atom. The van der Waals surface area contributed by atoms with Crippen LogP contribution in [0.15, 0.2) is 0 Å². The van der Waals surface area contributed by atoms with E-state index in [1.807, 2.05) is 4.68 Å². The van der Waals surface area contributed by atoms with E-state index in [1.165, 1.54) is 0 Å². The van der Waals surface area contributed by atoms with Gasteiger partial charge >= 0.3 is 0 Å². The monoisotopic (exact) mass is 241 g/mol. The maximum atomic E-state index is 5.57. The van der Waals surface area contributed by atoms with Crippen LogP contribution in [-0.2, 0) is 22.6 Å². The van der Waals surface area contributed by atoms with Crippen LogP contribution in [0.3, 0.4) is 0 Å². The van der Waals surface area contributed by atoms with E-state index in [1.54, 1.807) is 7.11 Å². The Hall–Kier alpha value is -1.05. The molecule has 1 N–H and O–H groups in total. The second-order valence-electron chi connectivity index (χ2n) is 4.08. The van der Waals surface area contributed by atoms with E-state index in [4.69, 9.17) is 9.47 Å². The number of aromatic nitrogens is 4. The Morgan fingerprint density at radius 1 is 1.59 bits per heavy atom. The van der Waals surface area contributed by atoms with Gasteiger partial charge in [-0.15, -0.1) is 5.10 Å². The van der Waals surface area contributed by atoms with Gasteiger partial charge in [0, 0.05) is 20.3 Å². The van der Waals surface area contributed by atoms with Gasteiger partial charge in [0.25, 0.3) is 0 Å². The molecule has 1 fully saturated rings. The van der Waals surface area contributed by atoms with Crippen LogP contribution in [0.2, 0.25) is 0 Å². The van der Waals surface area contributed by atoms with Crippen molar-refractivity contribution in [2.45, 2.75) is 32.0 Å². The fourth-order valence-electron chi connectivity index (χ4n) is 1.85. The molecule has 1 saturated heterocycles. The molecule has 1 aromatic rings. The highest BCUT2D eigenvalue weighted by Gasteiger charge is 2.18. The van der Waals surface area contributed by atoms with Gasteiger partial charge in [-0.05, 0) is 23.3 Å². The lowest BCUT2D eigenvalue weighted by Crippen LogP contribution is -2.24. The summed E-state index contributed by atoms with van der Waals surface area (Å²) in [6.45, 7) is 3.74. The van der Waals surface area contributed by atoms with E-state index in [-0.39, 0.29) is 6.10 Å². The lowest BCUT2D eigenvalue weighted by molar-refractivity contribution is 0.0925. The molecule has 1 aliphatic heterocycles. The SMILES string of the molecule is COCCNCc1nnnn1CC1CCCO1. The zero-order chi connectivity index (χ0) is 11.9. The summed E-state index contributed by atoms with van der Waals surface area (Å²) in [5.41, 5.74) is 0. The molecule has 0 saturated carbocycles. The Balaban J connectivity index is 1.79. The molecule has 1 aliphatic rings. The van der Waals surface area contributed by atoms with Gasteiger partial charge < -0.3 is 14.8 Å². The highest BCUT2D eigenvalue weighted by atomic mass is 16.5. The highest BCUT2D eigenvalue weighted by Crippen LogP contribution is 2.13. The molecule has 2 heterocycles. The summed E-state index contributed by atoms with van der Waals surface area (Å²) in [5, 5.41) is 14.9. The third kappa shape index (κ3) is 3.72. The van der Waals surface area contributed by atoms with Crippen LogP contribution in [0, 0.1) is 0 Å². The van der Waals surface area contributed by atoms with Crippen molar-refractivity contribution in [3.63, 3.8) is 0 Å². The lowest BCUT2D eigenvalue weighted by atomic mass is 10.2. The predicted octanol–water partition coefficient (Wildman–Crippen LogP) is -0.412. The van der Waals surface area contributed by atoms with Gasteiger partial charge in [0.15, 0.2) is 5.82 Å². The molecule has 0 aliphatic carbocycles. The Bertz CT molecular complexity index is 324. The first-order valence-electron chi connectivity index (χ1n) is 5.96. The smallest absolute Gasteiger partial charge is 0.165 e. The number of hydrogen-bond donors (Lipinski definition) is 1. The van der Waals surface area contributed by atoms with Gasteiger partial charge in [-0.25, -0.2) is 4.68 Å². The minimum Gasteiger partial charge on any atom is -0.383 e. The van der Waals surface area contributed by atoms with Crippen molar-refractivity contribution in [2.24, 2.45) is 0 Å². The van der Waals surface area contributed by atoms with E-state index < -0.39 is 0 Å². The molecule has 96 valence electrons. The Labute approximate surface area is 100 Å². The van der Waals surface area contributed by atoms with Crippen molar-refractivity contribution in [1.29, 1.82) is 0 Å². The number of hydrogen-bond acceptors (Lipinski definition) is 6. The van der Waals surface area contributed by atoms with Crippen molar-refractivity contribution in [3.05, 3.63) is 5.82 Å². The zero-order valence-electron chi connectivity index (χ0n) is 10.1. The summed E-state index contributed by atoms with van der Waals surface area (Å²) < 4.78 is 12.3. The summed E-state index contributed by atoms with van der Waals surface area (Å²) in [6, 6.07) is 0. The fourth-order valence-corrected chi connectivity index (χ4v) is 1.85. The van der Waals surface area contributed by atoms with Crippen LogP contribution >= 0.6 is 0 Å². The van der Waals surface area contributed by atoms with Gasteiger partial charge in [0.2, 0.25) is 0 Å². The quantitative estimate of drug-likeness (QED) is 0.654. The molecule has 0 bridgehead atoms. The maximum absolute atomic E-state index is 5.57. The third-order valence-corrected chi connectivity index (χ3v) is 2.77. The van der Waals surface area contributed by atoms with Crippen LogP contribution in [0.1, 0.15) is 18.7 Å². The number of nitrogens with one attached hydrogen (secondary N) is 1. The molecule has 0 aromatic carbocycles. The van der Waals surface area contributed by atoms with Crippen LogP contribution in [0.4, 0.5) is 0 Å². The van der Waals surface area contributed by atoms with Crippen molar-refractivity contribution in [1.82, 2.24) is 25.5 Å². The van der Waals surface area contributed by atoms with Crippen LogP contribution in [-0.4, -0.2) is 53.2 Å². The van der Waals surface area contributed by atoms with Gasteiger partial charge in [-0.3, -0.25) is 0 Å². The normalized spacial score (nSPS) is 19.9. The average Bonchev–Trinajstić information content (AvgIpc) is 2.97. The largest absolute Gasteiger partial charge is 0.383 e. The van der Waals surface area contributed by atoms with E-state index in [9.17, 15) is 0 Å². The zero-order valence-corrected chi connectivity index (χ0v) is 10.1. The van der Waals surface area contributed by atoms with Gasteiger partial charge in [-0.2, -0.15) is 0 Å². The van der Waals surface area contributed by atoms with E-state index in [2.05, 4.69) is 20.8 Å². The molecule has 1 unspecified atom stereocenters. The van der Waals surface area contributed by atoms with Gasteiger partial charge in [0.05, 0.1) is 25.8 Å². The van der Waals surface area contributed by atoms with E-state index in [0.717, 1.165) is 38.4 Å². The third-order valence-electron chi connectivity index (χ3n) is 2.77. The minimum atomic E-state index is 0.260. The molecule has 0 spiro atoms. The maximum Gasteiger partial charge on any atom is 0.165 e. The molecular formula is C10H19N5O2. The molecule has 0 radical (unpaired) electrons. The molecule has 1 atom stereocenters. The van der Waals surface area contributed by atoms with Crippen molar-refractivity contribution in [2.75, 3.05) is 26.9 Å². The minimum absolute atomic E-state index is 0.260. The number of methoxy groups -OCH3 is 1. The average molecular weight is 241 g/mol. The standard InChI is InChI=1S/C10H19N5O2/c1-16-6-4-11-7-10-12-13-14-15(10)8-9-3-2-5-17-9/h9,11H,2-8H2,1H3. The molecule has 0 amide bonds. The number of ether oxygens (including phenoxy) is 2. The molecule has 7 heteroatoms. The van der Waals surface area contributed by atoms with Crippen molar-refractivity contribution >= 4 is 0 Å². The second kappa shape index (κ2) is 6.63. The first kappa shape index (κ1) is 12.4. The summed E-state index contributed by atoms with van der Waals surface area (Å²) >= 11 is 0. The van der Waals surface area contributed by atoms with Crippen molar-refractivity contribution < 1.29 is 9.47 Å². The van der Waals surface area contributed by atoms with Gasteiger partial charge in [0.1, 0.15) is 0 Å². The molecule has 17 heavy (non-hydrogen) atoms. The van der Waals surface area contributed by atoms with Crippen molar-refractivity contribution in [3.8, 4) is 0 Å². The van der Waals surface area contributed by atoms with E-state index in [0.29, 0.717) is 13.2 Å². The van der Waals surface area contributed by atoms with Crippen LogP contribution in [0.5, 0.6) is 0 Å². The molecule has 7 nitrogen and oxygen atoms in total. The summed E-state index contributed by atoms with van der Waals surface area (Å²) in [4.78, 5) is 0. The first-order valence-corrected chi connectivity index (χ1v) is 5.96. The Kier molecular flexibility index (Phi) is 4.84. The first-order chi connectivity index (χ1) is 8.40. The topological polar surface area (TPSA) is 74.1 Å². The van der Waals surface area contributed by atoms with Gasteiger partial charge in [-0.1, -0.05) is 0 Å². The molecular weight excluding hydrogens is 222 g/mol. The lowest BCUT2D eigenvalue weighted by Gasteiger charge is -2.10. The van der Waals surface area contributed by atoms with Crippen LogP contribution < -0.4 is 5.32 Å². The number of nitrogens with zero attached hydrogens (tertiary/aromatic N) is 4. The predicted molar refractivity (Wildman–Crippen MR) is 60.4 cm³/mol. The number of rotatable bonds is 7. The fraction of sp³-hybridized carbons (Fsp3) is 0.900. The molecule has 1 aromatic heterocycles. The number of tetrazole rings is 1.